The van der Waals surface area contributed by atoms with Crippen molar-refractivity contribution in [3.63, 3.8) is 0 Å². The number of nitrogens with one attached hydrogen (secondary N) is 1. The molecular weight excluding hydrogens is 422 g/mol. The van der Waals surface area contributed by atoms with E-state index in [1.165, 1.54) is 13.2 Å². The number of rotatable bonds is 4. The standard InChI is InChI=1S/C22H21NO9/c1-30-20-13(25)6-11-15-12(23-21(11)29)4-8-2-3-9(5-10(8)16(15)20)31-22-19(28)18(27)17(26)14(7-24)32-22/h2-6,14,17-19,22,24-28H,7H2,1H3,(H,23,29)/t14-,17-,18+,19-,22-/m1/s1. The summed E-state index contributed by atoms with van der Waals surface area (Å²) >= 11 is 0. The van der Waals surface area contributed by atoms with E-state index in [0.717, 1.165) is 5.39 Å². The Morgan fingerprint density at radius 1 is 1.06 bits per heavy atom. The molecule has 2 aliphatic heterocycles. The van der Waals surface area contributed by atoms with Crippen molar-refractivity contribution in [3.8, 4) is 17.2 Å². The minimum absolute atomic E-state index is 0.189. The van der Waals surface area contributed by atoms with Crippen LogP contribution in [0.3, 0.4) is 0 Å². The molecule has 3 aromatic rings. The zero-order valence-electron chi connectivity index (χ0n) is 16.8. The molecule has 1 fully saturated rings. The van der Waals surface area contributed by atoms with E-state index in [9.17, 15) is 30.3 Å². The lowest BCUT2D eigenvalue weighted by Gasteiger charge is -2.39. The van der Waals surface area contributed by atoms with Crippen LogP contribution >= 0.6 is 0 Å². The number of aliphatic hydroxyl groups is 4. The SMILES string of the molecule is COc1c(O)cc2c3c(cc4ccc(O[C@@H]5O[C@H](CO)[C@@H](O)[C@H](O)[C@H]5O)cc4c13)NC2=O. The van der Waals surface area contributed by atoms with Gasteiger partial charge in [-0.15, -0.1) is 0 Å². The zero-order chi connectivity index (χ0) is 22.7. The molecule has 32 heavy (non-hydrogen) atoms. The molecule has 3 aromatic carbocycles. The molecule has 10 nitrogen and oxygen atoms in total. The van der Waals surface area contributed by atoms with E-state index in [4.69, 9.17) is 14.2 Å². The summed E-state index contributed by atoms with van der Waals surface area (Å²) < 4.78 is 16.6. The predicted octanol–water partition coefficient (Wildman–Crippen LogP) is 0.452. The van der Waals surface area contributed by atoms with Gasteiger partial charge in [0.15, 0.2) is 11.5 Å². The molecule has 0 bridgehead atoms. The average molecular weight is 443 g/mol. The topological polar surface area (TPSA) is 158 Å². The fourth-order valence-electron chi connectivity index (χ4n) is 4.34. The lowest BCUT2D eigenvalue weighted by molar-refractivity contribution is -0.277. The third kappa shape index (κ3) is 2.96. The van der Waals surface area contributed by atoms with Crippen molar-refractivity contribution >= 4 is 33.1 Å². The number of methoxy groups -OCH3 is 1. The van der Waals surface area contributed by atoms with Gasteiger partial charge in [-0.05, 0) is 35.0 Å². The van der Waals surface area contributed by atoms with Gasteiger partial charge in [0.25, 0.3) is 5.91 Å². The third-order valence-corrected chi connectivity index (χ3v) is 5.92. The number of anilines is 1. The van der Waals surface area contributed by atoms with Crippen LogP contribution in [-0.4, -0.2) is 75.9 Å². The van der Waals surface area contributed by atoms with Crippen molar-refractivity contribution in [3.05, 3.63) is 35.9 Å². The summed E-state index contributed by atoms with van der Waals surface area (Å²) in [4.78, 5) is 12.4. The third-order valence-electron chi connectivity index (χ3n) is 5.92. The number of ether oxygens (including phenoxy) is 3. The van der Waals surface area contributed by atoms with Crippen LogP contribution in [0.2, 0.25) is 0 Å². The molecule has 0 radical (unpaired) electrons. The summed E-state index contributed by atoms with van der Waals surface area (Å²) in [6.45, 7) is -0.573. The van der Waals surface area contributed by atoms with E-state index in [0.29, 0.717) is 27.4 Å². The summed E-state index contributed by atoms with van der Waals surface area (Å²) in [5.74, 6) is -0.0831. The Balaban J connectivity index is 1.63. The number of phenols is 1. The monoisotopic (exact) mass is 443 g/mol. The van der Waals surface area contributed by atoms with E-state index in [1.54, 1.807) is 24.3 Å². The van der Waals surface area contributed by atoms with E-state index < -0.39 is 37.3 Å². The number of aromatic hydroxyl groups is 1. The zero-order valence-corrected chi connectivity index (χ0v) is 16.8. The molecule has 168 valence electrons. The lowest BCUT2D eigenvalue weighted by Crippen LogP contribution is -2.60. The fraction of sp³-hybridized carbons (Fsp3) is 0.318. The summed E-state index contributed by atoms with van der Waals surface area (Å²) in [6, 6.07) is 8.10. The smallest absolute Gasteiger partial charge is 0.256 e. The van der Waals surface area contributed by atoms with Gasteiger partial charge < -0.3 is 45.1 Å². The highest BCUT2D eigenvalue weighted by Gasteiger charge is 2.44. The van der Waals surface area contributed by atoms with Crippen molar-refractivity contribution in [2.24, 2.45) is 0 Å². The highest BCUT2D eigenvalue weighted by molar-refractivity contribution is 6.30. The Labute approximate surface area is 181 Å². The summed E-state index contributed by atoms with van der Waals surface area (Å²) in [5.41, 5.74) is 0.906. The number of aliphatic hydroxyl groups excluding tert-OH is 4. The van der Waals surface area contributed by atoms with Gasteiger partial charge in [-0.2, -0.15) is 0 Å². The molecule has 6 N–H and O–H groups in total. The number of amides is 1. The van der Waals surface area contributed by atoms with Gasteiger partial charge in [0, 0.05) is 10.8 Å². The largest absolute Gasteiger partial charge is 0.504 e. The Hall–Kier alpha value is -3.15. The molecule has 0 aromatic heterocycles. The first-order chi connectivity index (χ1) is 15.3. The first kappa shape index (κ1) is 20.7. The van der Waals surface area contributed by atoms with Crippen LogP contribution in [0.4, 0.5) is 5.69 Å². The Bertz CT molecular complexity index is 1240. The maximum atomic E-state index is 12.4. The fourth-order valence-corrected chi connectivity index (χ4v) is 4.34. The van der Waals surface area contributed by atoms with E-state index in [-0.39, 0.29) is 23.2 Å². The van der Waals surface area contributed by atoms with E-state index >= 15 is 0 Å². The molecule has 1 amide bonds. The van der Waals surface area contributed by atoms with Crippen LogP contribution in [0, 0.1) is 0 Å². The average Bonchev–Trinajstić information content (AvgIpc) is 3.09. The van der Waals surface area contributed by atoms with Gasteiger partial charge >= 0.3 is 0 Å². The Morgan fingerprint density at radius 3 is 2.56 bits per heavy atom. The molecule has 10 heteroatoms. The van der Waals surface area contributed by atoms with Gasteiger partial charge in [-0.1, -0.05) is 6.07 Å². The van der Waals surface area contributed by atoms with Crippen molar-refractivity contribution in [1.82, 2.24) is 0 Å². The summed E-state index contributed by atoms with van der Waals surface area (Å²) in [7, 11) is 1.41. The van der Waals surface area contributed by atoms with Crippen LogP contribution < -0.4 is 14.8 Å². The predicted molar refractivity (Wildman–Crippen MR) is 112 cm³/mol. The number of carbonyl (C=O) groups excluding carboxylic acids is 1. The maximum Gasteiger partial charge on any atom is 0.256 e. The minimum Gasteiger partial charge on any atom is -0.504 e. The minimum atomic E-state index is -1.57. The van der Waals surface area contributed by atoms with Crippen molar-refractivity contribution < 1.29 is 44.5 Å². The lowest BCUT2D eigenvalue weighted by atomic mass is 9.97. The van der Waals surface area contributed by atoms with Gasteiger partial charge in [-0.3, -0.25) is 4.79 Å². The van der Waals surface area contributed by atoms with E-state index in [1.807, 2.05) is 0 Å². The van der Waals surface area contributed by atoms with Crippen LogP contribution in [0.25, 0.3) is 21.5 Å². The van der Waals surface area contributed by atoms with E-state index in [2.05, 4.69) is 5.32 Å². The van der Waals surface area contributed by atoms with Crippen LogP contribution in [0.15, 0.2) is 30.3 Å². The number of fused-ring (bicyclic) bond motifs is 2. The second kappa shape index (κ2) is 7.47. The molecule has 2 heterocycles. The maximum absolute atomic E-state index is 12.4. The molecule has 1 saturated heterocycles. The van der Waals surface area contributed by atoms with Gasteiger partial charge in [0.2, 0.25) is 6.29 Å². The second-order valence-corrected chi connectivity index (χ2v) is 7.80. The highest BCUT2D eigenvalue weighted by atomic mass is 16.7. The normalized spacial score (nSPS) is 27.0. The number of phenolic OH excluding ortho intramolecular Hbond substituents is 1. The molecule has 0 aliphatic carbocycles. The molecular formula is C22H21NO9. The molecule has 2 aliphatic rings. The molecule has 0 unspecified atom stereocenters. The summed E-state index contributed by atoms with van der Waals surface area (Å²) in [6.07, 6.45) is -7.07. The molecule has 0 saturated carbocycles. The molecule has 0 spiro atoms. The number of carbonyl (C=O) groups is 1. The Morgan fingerprint density at radius 2 is 1.84 bits per heavy atom. The second-order valence-electron chi connectivity index (χ2n) is 7.80. The van der Waals surface area contributed by atoms with Crippen LogP contribution in [0.5, 0.6) is 17.2 Å². The van der Waals surface area contributed by atoms with Crippen molar-refractivity contribution in [2.75, 3.05) is 19.0 Å². The molecule has 5 atom stereocenters. The first-order valence-electron chi connectivity index (χ1n) is 9.93. The van der Waals surface area contributed by atoms with Crippen LogP contribution in [-0.2, 0) is 4.74 Å². The number of hydrogen-bond donors (Lipinski definition) is 6. The Kier molecular flexibility index (Phi) is 4.84. The first-order valence-corrected chi connectivity index (χ1v) is 9.93. The van der Waals surface area contributed by atoms with Crippen molar-refractivity contribution in [1.29, 1.82) is 0 Å². The van der Waals surface area contributed by atoms with Gasteiger partial charge in [0.05, 0.1) is 25.0 Å². The van der Waals surface area contributed by atoms with Gasteiger partial charge in [-0.25, -0.2) is 0 Å². The van der Waals surface area contributed by atoms with Gasteiger partial charge in [0.1, 0.15) is 30.2 Å². The van der Waals surface area contributed by atoms with Crippen LogP contribution in [0.1, 0.15) is 10.4 Å². The summed E-state index contributed by atoms with van der Waals surface area (Å²) in [5, 5.41) is 55.2. The highest BCUT2D eigenvalue weighted by Crippen LogP contribution is 2.47. The molecule has 5 rings (SSSR count). The van der Waals surface area contributed by atoms with Crippen molar-refractivity contribution in [2.45, 2.75) is 30.7 Å². The number of hydrogen-bond acceptors (Lipinski definition) is 9. The quantitative estimate of drug-likeness (QED) is 0.315. The number of benzene rings is 3.